The molecule has 1 aliphatic heterocycles. The normalized spacial score (nSPS) is 13.4. The highest BCUT2D eigenvalue weighted by molar-refractivity contribution is 7.99. The first kappa shape index (κ1) is 16.2. The first-order valence-electron chi connectivity index (χ1n) is 8.52. The van der Waals surface area contributed by atoms with Gasteiger partial charge in [0.1, 0.15) is 11.3 Å². The van der Waals surface area contributed by atoms with Crippen molar-refractivity contribution in [2.24, 2.45) is 0 Å². The van der Waals surface area contributed by atoms with E-state index in [4.69, 9.17) is 0 Å². The van der Waals surface area contributed by atoms with E-state index in [1.807, 2.05) is 18.2 Å². The maximum absolute atomic E-state index is 13.5. The van der Waals surface area contributed by atoms with Crippen LogP contribution in [-0.4, -0.2) is 38.4 Å². The van der Waals surface area contributed by atoms with Crippen LogP contribution in [0.2, 0.25) is 0 Å². The van der Waals surface area contributed by atoms with E-state index < -0.39 is 0 Å². The molecular weight excluding hydrogens is 365 g/mol. The summed E-state index contributed by atoms with van der Waals surface area (Å²) in [6.45, 7) is 0.699. The van der Waals surface area contributed by atoms with Gasteiger partial charge >= 0.3 is 0 Å². The number of aromatic nitrogens is 4. The second-order valence-corrected chi connectivity index (χ2v) is 7.26. The van der Waals surface area contributed by atoms with E-state index in [-0.39, 0.29) is 17.5 Å². The molecule has 0 fully saturated rings. The molecule has 2 aromatic carbocycles. The number of halogens is 1. The molecule has 1 N–H and O–H groups in total. The fraction of sp³-hybridized carbons (Fsp3) is 0.158. The molecule has 3 heterocycles. The van der Waals surface area contributed by atoms with Crippen molar-refractivity contribution in [2.45, 2.75) is 11.6 Å². The minimum Gasteiger partial charge on any atom is -0.338 e. The number of hydrogen-bond donors (Lipinski definition) is 1. The van der Waals surface area contributed by atoms with Crippen LogP contribution >= 0.6 is 11.8 Å². The number of para-hydroxylation sites is 1. The molecule has 27 heavy (non-hydrogen) atoms. The lowest BCUT2D eigenvalue weighted by Crippen LogP contribution is -2.30. The fourth-order valence-electron chi connectivity index (χ4n) is 3.39. The Morgan fingerprint density at radius 2 is 2.11 bits per heavy atom. The van der Waals surface area contributed by atoms with Crippen LogP contribution in [0.5, 0.6) is 0 Å². The van der Waals surface area contributed by atoms with Gasteiger partial charge in [0, 0.05) is 23.1 Å². The molecule has 4 aromatic rings. The number of carbonyl (C=O) groups is 1. The molecule has 0 saturated heterocycles. The molecular formula is C19H14FN5OS. The highest BCUT2D eigenvalue weighted by atomic mass is 32.2. The quantitative estimate of drug-likeness (QED) is 0.553. The van der Waals surface area contributed by atoms with Crippen molar-refractivity contribution in [3.05, 3.63) is 53.8 Å². The van der Waals surface area contributed by atoms with E-state index >= 15 is 0 Å². The number of anilines is 1. The number of nitrogens with one attached hydrogen (secondary N) is 1. The van der Waals surface area contributed by atoms with Gasteiger partial charge < -0.3 is 9.88 Å². The number of nitrogens with zero attached hydrogens (tertiary/aromatic N) is 4. The van der Waals surface area contributed by atoms with Crippen molar-refractivity contribution in [3.63, 3.8) is 0 Å². The average molecular weight is 379 g/mol. The highest BCUT2D eigenvalue weighted by Crippen LogP contribution is 2.29. The first-order chi connectivity index (χ1) is 13.2. The van der Waals surface area contributed by atoms with Crippen LogP contribution in [-0.2, 0) is 11.2 Å². The molecule has 0 atom stereocenters. The van der Waals surface area contributed by atoms with E-state index in [1.165, 1.54) is 29.5 Å². The number of H-pyrrole nitrogens is 1. The summed E-state index contributed by atoms with van der Waals surface area (Å²) in [5, 5.41) is 9.31. The van der Waals surface area contributed by atoms with Crippen LogP contribution in [0.4, 0.5) is 10.1 Å². The number of aromatic amines is 1. The summed E-state index contributed by atoms with van der Waals surface area (Å²) in [7, 11) is 0. The molecule has 1 aliphatic rings. The second kappa shape index (κ2) is 6.31. The fourth-order valence-corrected chi connectivity index (χ4v) is 4.05. The smallest absolute Gasteiger partial charge is 0.237 e. The Morgan fingerprint density at radius 1 is 1.22 bits per heavy atom. The largest absolute Gasteiger partial charge is 0.338 e. The van der Waals surface area contributed by atoms with Crippen LogP contribution in [0, 0.1) is 5.82 Å². The van der Waals surface area contributed by atoms with Crippen molar-refractivity contribution in [1.29, 1.82) is 0 Å². The molecule has 0 bridgehead atoms. The van der Waals surface area contributed by atoms with Gasteiger partial charge in [0.15, 0.2) is 5.65 Å². The maximum Gasteiger partial charge on any atom is 0.237 e. The number of amides is 1. The number of carbonyl (C=O) groups excluding carboxylic acids is 1. The standard InChI is InChI=1S/C19H14FN5OS/c20-12-5-6-14-13(9-12)17-18(21-14)22-19(24-23-17)27-10-16(26)25-8-7-11-3-1-2-4-15(11)25/h1-6,9H,7-8,10H2,(H,21,22,24). The molecule has 1 amide bonds. The van der Waals surface area contributed by atoms with Gasteiger partial charge in [-0.25, -0.2) is 9.37 Å². The Morgan fingerprint density at radius 3 is 3.04 bits per heavy atom. The molecule has 134 valence electrons. The van der Waals surface area contributed by atoms with Gasteiger partial charge in [-0.3, -0.25) is 4.79 Å². The van der Waals surface area contributed by atoms with E-state index in [9.17, 15) is 9.18 Å². The molecule has 8 heteroatoms. The lowest BCUT2D eigenvalue weighted by Gasteiger charge is -2.16. The molecule has 0 spiro atoms. The molecule has 0 aliphatic carbocycles. The number of rotatable bonds is 3. The zero-order valence-corrected chi connectivity index (χ0v) is 15.0. The third-order valence-corrected chi connectivity index (χ3v) is 5.49. The average Bonchev–Trinajstić information content (AvgIpc) is 3.27. The number of fused-ring (bicyclic) bond motifs is 4. The summed E-state index contributed by atoms with van der Waals surface area (Å²) in [6, 6.07) is 12.4. The third kappa shape index (κ3) is 2.82. The van der Waals surface area contributed by atoms with Gasteiger partial charge in [0.25, 0.3) is 0 Å². The van der Waals surface area contributed by atoms with Gasteiger partial charge in [-0.1, -0.05) is 30.0 Å². The van der Waals surface area contributed by atoms with E-state index in [0.717, 1.165) is 17.6 Å². The van der Waals surface area contributed by atoms with Crippen molar-refractivity contribution in [2.75, 3.05) is 17.2 Å². The van der Waals surface area contributed by atoms with Crippen LogP contribution in [0.25, 0.3) is 22.1 Å². The summed E-state index contributed by atoms with van der Waals surface area (Å²) in [5.74, 6) is -0.0800. The van der Waals surface area contributed by atoms with Crippen LogP contribution in [0.1, 0.15) is 5.56 Å². The van der Waals surface area contributed by atoms with E-state index in [2.05, 4.69) is 26.2 Å². The van der Waals surface area contributed by atoms with Gasteiger partial charge in [-0.05, 0) is 36.2 Å². The zero-order chi connectivity index (χ0) is 18.4. The lowest BCUT2D eigenvalue weighted by molar-refractivity contribution is -0.116. The van der Waals surface area contributed by atoms with Gasteiger partial charge in [-0.15, -0.1) is 10.2 Å². The Kier molecular flexibility index (Phi) is 3.78. The predicted octanol–water partition coefficient (Wildman–Crippen LogP) is 3.33. The Hall–Kier alpha value is -3.00. The zero-order valence-electron chi connectivity index (χ0n) is 14.1. The van der Waals surface area contributed by atoms with Crippen LogP contribution < -0.4 is 4.90 Å². The number of hydrogen-bond acceptors (Lipinski definition) is 5. The molecule has 0 unspecified atom stereocenters. The number of thioether (sulfide) groups is 1. The Balaban J connectivity index is 1.36. The summed E-state index contributed by atoms with van der Waals surface area (Å²) < 4.78 is 13.5. The summed E-state index contributed by atoms with van der Waals surface area (Å²) in [5.41, 5.74) is 3.98. The summed E-state index contributed by atoms with van der Waals surface area (Å²) in [6.07, 6.45) is 0.877. The monoisotopic (exact) mass is 379 g/mol. The second-order valence-electron chi connectivity index (χ2n) is 6.32. The first-order valence-corrected chi connectivity index (χ1v) is 9.50. The van der Waals surface area contributed by atoms with Crippen molar-refractivity contribution >= 4 is 45.4 Å². The van der Waals surface area contributed by atoms with Gasteiger partial charge in [0.2, 0.25) is 11.1 Å². The van der Waals surface area contributed by atoms with Gasteiger partial charge in [0.05, 0.1) is 5.75 Å². The van der Waals surface area contributed by atoms with E-state index in [1.54, 1.807) is 11.0 Å². The van der Waals surface area contributed by atoms with Crippen molar-refractivity contribution in [1.82, 2.24) is 20.2 Å². The summed E-state index contributed by atoms with van der Waals surface area (Å²) in [4.78, 5) is 21.9. The van der Waals surface area contributed by atoms with E-state index in [0.29, 0.717) is 28.3 Å². The predicted molar refractivity (Wildman–Crippen MR) is 102 cm³/mol. The van der Waals surface area contributed by atoms with Gasteiger partial charge in [-0.2, -0.15) is 0 Å². The molecule has 6 nitrogen and oxygen atoms in total. The highest BCUT2D eigenvalue weighted by Gasteiger charge is 2.24. The summed E-state index contributed by atoms with van der Waals surface area (Å²) >= 11 is 1.25. The third-order valence-electron chi connectivity index (χ3n) is 4.67. The minimum atomic E-state index is -0.333. The minimum absolute atomic E-state index is 0.0207. The topological polar surface area (TPSA) is 74.8 Å². The van der Waals surface area contributed by atoms with Crippen LogP contribution in [0.3, 0.4) is 0 Å². The number of benzene rings is 2. The molecule has 2 aromatic heterocycles. The lowest BCUT2D eigenvalue weighted by atomic mass is 10.2. The maximum atomic E-state index is 13.5. The Labute approximate surface area is 157 Å². The molecule has 5 rings (SSSR count). The molecule has 0 saturated carbocycles. The SMILES string of the molecule is O=C(CSc1nnc2c(n1)[nH]c1ccc(F)cc12)N1CCc2ccccc21. The van der Waals surface area contributed by atoms with Crippen LogP contribution in [0.15, 0.2) is 47.6 Å². The van der Waals surface area contributed by atoms with Crippen molar-refractivity contribution in [3.8, 4) is 0 Å². The Bertz CT molecular complexity index is 1190. The molecule has 0 radical (unpaired) electrons. The van der Waals surface area contributed by atoms with Crippen molar-refractivity contribution < 1.29 is 9.18 Å².